The predicted octanol–water partition coefficient (Wildman–Crippen LogP) is 3.68. The smallest absolute Gasteiger partial charge is 0.254 e. The van der Waals surface area contributed by atoms with Crippen molar-refractivity contribution in [3.8, 4) is 0 Å². The van der Waals surface area contributed by atoms with Gasteiger partial charge in [0.25, 0.3) is 5.91 Å². The number of fused-ring (bicyclic) bond motifs is 1. The van der Waals surface area contributed by atoms with Crippen LogP contribution in [0.15, 0.2) is 24.3 Å². The third-order valence-electron chi connectivity index (χ3n) is 4.53. The highest BCUT2D eigenvalue weighted by atomic mass is 35.5. The van der Waals surface area contributed by atoms with Gasteiger partial charge in [0, 0.05) is 36.6 Å². The van der Waals surface area contributed by atoms with Gasteiger partial charge in [0.05, 0.1) is 11.1 Å². The Kier molecular flexibility index (Phi) is 7.02. The Labute approximate surface area is 155 Å². The number of rotatable bonds is 4. The average molecular weight is 370 g/mol. The van der Waals surface area contributed by atoms with Crippen LogP contribution in [-0.4, -0.2) is 35.4 Å². The molecule has 1 saturated carbocycles. The zero-order valence-electron chi connectivity index (χ0n) is 14.3. The van der Waals surface area contributed by atoms with Gasteiger partial charge in [0.2, 0.25) is 0 Å². The summed E-state index contributed by atoms with van der Waals surface area (Å²) in [4.78, 5) is 19.4. The maximum absolute atomic E-state index is 12.9. The monoisotopic (exact) mass is 369 g/mol. The Morgan fingerprint density at radius 3 is 2.58 bits per heavy atom. The molecule has 0 radical (unpaired) electrons. The lowest BCUT2D eigenvalue weighted by molar-refractivity contribution is 0.0750. The Balaban J connectivity index is 0.00000144. The minimum atomic E-state index is 0. The number of carbonyl (C=O) groups excluding carboxylic acids is 1. The molecule has 2 N–H and O–H groups in total. The Hall–Kier alpha value is -1.36. The number of nitrogens with zero attached hydrogens (tertiary/aromatic N) is 2. The number of benzene rings is 1. The molecule has 1 atom stereocenters. The molecule has 1 fully saturated rings. The van der Waals surface area contributed by atoms with E-state index in [4.69, 9.17) is 10.7 Å². The zero-order valence-corrected chi connectivity index (χ0v) is 15.9. The summed E-state index contributed by atoms with van der Waals surface area (Å²) in [7, 11) is 1.82. The molecule has 0 aliphatic heterocycles. The molecule has 2 aromatic rings. The van der Waals surface area contributed by atoms with Gasteiger partial charge in [0.1, 0.15) is 0 Å². The maximum Gasteiger partial charge on any atom is 0.254 e. The van der Waals surface area contributed by atoms with Crippen LogP contribution < -0.4 is 5.73 Å². The summed E-state index contributed by atoms with van der Waals surface area (Å²) in [5, 5.41) is 0.936. The van der Waals surface area contributed by atoms with Crippen LogP contribution in [0.1, 0.15) is 47.3 Å². The highest BCUT2D eigenvalue weighted by Crippen LogP contribution is 2.40. The second-order valence-electron chi connectivity index (χ2n) is 6.39. The molecular formula is C18H25Cl2N3O. The van der Waals surface area contributed by atoms with Crippen molar-refractivity contribution in [3.05, 3.63) is 41.1 Å². The number of nitrogens with two attached hydrogens (primary N) is 1. The first kappa shape index (κ1) is 20.7. The number of amides is 1. The number of aromatic nitrogens is 1. The summed E-state index contributed by atoms with van der Waals surface area (Å²) in [6, 6.07) is 8.12. The first-order valence-corrected chi connectivity index (χ1v) is 7.89. The van der Waals surface area contributed by atoms with E-state index in [2.05, 4.69) is 0 Å². The van der Waals surface area contributed by atoms with Gasteiger partial charge < -0.3 is 10.6 Å². The van der Waals surface area contributed by atoms with Crippen molar-refractivity contribution in [1.29, 1.82) is 0 Å². The van der Waals surface area contributed by atoms with Crippen LogP contribution >= 0.6 is 24.8 Å². The molecule has 0 saturated heterocycles. The highest BCUT2D eigenvalue weighted by molar-refractivity contribution is 6.06. The first-order chi connectivity index (χ1) is 10.5. The maximum atomic E-state index is 12.9. The molecule has 1 aliphatic carbocycles. The lowest BCUT2D eigenvalue weighted by Gasteiger charge is -2.24. The second-order valence-corrected chi connectivity index (χ2v) is 6.39. The number of hydrogen-bond acceptors (Lipinski definition) is 3. The molecule has 6 heteroatoms. The normalized spacial score (nSPS) is 14.5. The predicted molar refractivity (Wildman–Crippen MR) is 104 cm³/mol. The van der Waals surface area contributed by atoms with Crippen LogP contribution in [0.3, 0.4) is 0 Å². The van der Waals surface area contributed by atoms with Crippen molar-refractivity contribution in [2.75, 3.05) is 13.6 Å². The van der Waals surface area contributed by atoms with Gasteiger partial charge in [-0.2, -0.15) is 0 Å². The Morgan fingerprint density at radius 1 is 1.33 bits per heavy atom. The van der Waals surface area contributed by atoms with Crippen LogP contribution in [0.4, 0.5) is 0 Å². The van der Waals surface area contributed by atoms with E-state index in [1.807, 2.05) is 45.2 Å². The standard InChI is InChI=1S/C18H23N3O.2ClH/c1-11-4-7-16-14(8-11)15(9-17(20-16)13-5-6-13)18(22)21(3)12(2)10-19;;/h4,7-9,12-13H,5-6,10,19H2,1-3H3;2*1H. The zero-order chi connectivity index (χ0) is 15.9. The third kappa shape index (κ3) is 4.00. The van der Waals surface area contributed by atoms with Crippen LogP contribution in [0.25, 0.3) is 10.9 Å². The molecule has 1 aromatic heterocycles. The van der Waals surface area contributed by atoms with E-state index in [0.29, 0.717) is 12.5 Å². The molecule has 1 heterocycles. The van der Waals surface area contributed by atoms with E-state index in [1.165, 1.54) is 12.8 Å². The molecule has 1 aromatic carbocycles. The fourth-order valence-corrected chi connectivity index (χ4v) is 2.67. The number of halogens is 2. The summed E-state index contributed by atoms with van der Waals surface area (Å²) in [5.74, 6) is 0.548. The van der Waals surface area contributed by atoms with Crippen molar-refractivity contribution in [1.82, 2.24) is 9.88 Å². The second kappa shape index (κ2) is 8.15. The highest BCUT2D eigenvalue weighted by Gasteiger charge is 2.28. The average Bonchev–Trinajstić information content (AvgIpc) is 3.36. The van der Waals surface area contributed by atoms with Crippen molar-refractivity contribution in [2.45, 2.75) is 38.6 Å². The number of hydrogen-bond donors (Lipinski definition) is 1. The minimum absolute atomic E-state index is 0. The van der Waals surface area contributed by atoms with E-state index < -0.39 is 0 Å². The fourth-order valence-electron chi connectivity index (χ4n) is 2.67. The van der Waals surface area contributed by atoms with E-state index in [1.54, 1.807) is 4.90 Å². The largest absolute Gasteiger partial charge is 0.338 e. The molecule has 24 heavy (non-hydrogen) atoms. The molecule has 132 valence electrons. The van der Waals surface area contributed by atoms with Crippen molar-refractivity contribution < 1.29 is 4.79 Å². The molecule has 1 aliphatic rings. The van der Waals surface area contributed by atoms with E-state index in [9.17, 15) is 4.79 Å². The Bertz CT molecular complexity index is 732. The topological polar surface area (TPSA) is 59.2 Å². The van der Waals surface area contributed by atoms with Crippen molar-refractivity contribution in [2.24, 2.45) is 5.73 Å². The Morgan fingerprint density at radius 2 is 2.00 bits per heavy atom. The fraction of sp³-hybridized carbons (Fsp3) is 0.444. The van der Waals surface area contributed by atoms with Gasteiger partial charge in [-0.3, -0.25) is 9.78 Å². The summed E-state index contributed by atoms with van der Waals surface area (Å²) in [6.07, 6.45) is 2.35. The molecule has 4 nitrogen and oxygen atoms in total. The minimum Gasteiger partial charge on any atom is -0.338 e. The first-order valence-electron chi connectivity index (χ1n) is 7.89. The van der Waals surface area contributed by atoms with Gasteiger partial charge in [-0.15, -0.1) is 24.8 Å². The third-order valence-corrected chi connectivity index (χ3v) is 4.53. The number of aryl methyl sites for hydroxylation is 1. The number of pyridine rings is 1. The van der Waals surface area contributed by atoms with Gasteiger partial charge in [-0.25, -0.2) is 0 Å². The van der Waals surface area contributed by atoms with Gasteiger partial charge >= 0.3 is 0 Å². The quantitative estimate of drug-likeness (QED) is 0.893. The lowest BCUT2D eigenvalue weighted by Crippen LogP contribution is -2.39. The van der Waals surface area contributed by atoms with E-state index in [0.717, 1.165) is 27.7 Å². The van der Waals surface area contributed by atoms with Gasteiger partial charge in [-0.1, -0.05) is 11.6 Å². The number of carbonyl (C=O) groups is 1. The van der Waals surface area contributed by atoms with Crippen LogP contribution in [-0.2, 0) is 0 Å². The summed E-state index contributed by atoms with van der Waals surface area (Å²) >= 11 is 0. The summed E-state index contributed by atoms with van der Waals surface area (Å²) < 4.78 is 0. The number of likely N-dealkylation sites (N-methyl/N-ethyl adjacent to an activating group) is 1. The van der Waals surface area contributed by atoms with E-state index >= 15 is 0 Å². The van der Waals surface area contributed by atoms with Crippen LogP contribution in [0.2, 0.25) is 0 Å². The molecule has 1 unspecified atom stereocenters. The molecule has 1 amide bonds. The summed E-state index contributed by atoms with van der Waals surface area (Å²) in [5.41, 5.74) is 9.55. The molecular weight excluding hydrogens is 345 g/mol. The molecule has 3 rings (SSSR count). The molecule has 0 bridgehead atoms. The summed E-state index contributed by atoms with van der Waals surface area (Å²) in [6.45, 7) is 4.46. The molecule has 0 spiro atoms. The van der Waals surface area contributed by atoms with Crippen molar-refractivity contribution in [3.63, 3.8) is 0 Å². The van der Waals surface area contributed by atoms with Crippen LogP contribution in [0, 0.1) is 6.92 Å². The van der Waals surface area contributed by atoms with Crippen LogP contribution in [0.5, 0.6) is 0 Å². The van der Waals surface area contributed by atoms with Gasteiger partial charge in [-0.05, 0) is 44.9 Å². The van der Waals surface area contributed by atoms with Gasteiger partial charge in [0.15, 0.2) is 0 Å². The van der Waals surface area contributed by atoms with Crippen molar-refractivity contribution >= 4 is 41.6 Å². The SMILES string of the molecule is Cc1ccc2nc(C3CC3)cc(C(=O)N(C)C(C)CN)c2c1.Cl.Cl. The lowest BCUT2D eigenvalue weighted by atomic mass is 10.0. The van der Waals surface area contributed by atoms with E-state index in [-0.39, 0.29) is 36.8 Å².